The van der Waals surface area contributed by atoms with Crippen molar-refractivity contribution < 1.29 is 0 Å². The summed E-state index contributed by atoms with van der Waals surface area (Å²) in [6.45, 7) is 19.9. The second-order valence-corrected chi connectivity index (χ2v) is 4.54. The molecule has 0 amide bonds. The lowest BCUT2D eigenvalue weighted by Crippen LogP contribution is -2.32. The lowest BCUT2D eigenvalue weighted by molar-refractivity contribution is 0.217. The van der Waals surface area contributed by atoms with Crippen LogP contribution in [0.4, 0.5) is 0 Å². The van der Waals surface area contributed by atoms with E-state index in [1.165, 1.54) is 45.2 Å². The van der Waals surface area contributed by atoms with Crippen LogP contribution in [0.3, 0.4) is 0 Å². The smallest absolute Gasteiger partial charge is 0.00385 e. The Morgan fingerprint density at radius 1 is 0.765 bits per heavy atom. The van der Waals surface area contributed by atoms with Gasteiger partial charge < -0.3 is 4.90 Å². The Labute approximate surface area is 112 Å². The van der Waals surface area contributed by atoms with Crippen LogP contribution in [0.15, 0.2) is 0 Å². The molecule has 0 unspecified atom stereocenters. The number of hydrogen-bond acceptors (Lipinski definition) is 1. The van der Waals surface area contributed by atoms with Gasteiger partial charge in [0, 0.05) is 6.04 Å². The molecule has 0 rings (SSSR count). The first kappa shape index (κ1) is 22.2. The molecule has 108 valence electrons. The van der Waals surface area contributed by atoms with Crippen LogP contribution in [-0.4, -0.2) is 24.0 Å². The average Bonchev–Trinajstić information content (AvgIpc) is 2.31. The highest BCUT2D eigenvalue weighted by molar-refractivity contribution is 4.61. The van der Waals surface area contributed by atoms with Gasteiger partial charge in [-0.2, -0.15) is 0 Å². The van der Waals surface area contributed by atoms with Crippen molar-refractivity contribution in [2.75, 3.05) is 13.1 Å². The first-order valence-electron chi connectivity index (χ1n) is 7.87. The molecular weight excluding hydrogens is 206 g/mol. The zero-order valence-corrected chi connectivity index (χ0v) is 14.0. The van der Waals surface area contributed by atoms with Crippen molar-refractivity contribution in [2.24, 2.45) is 0 Å². The van der Waals surface area contributed by atoms with Crippen molar-refractivity contribution in [3.05, 3.63) is 0 Å². The first-order valence-corrected chi connectivity index (χ1v) is 7.87. The third-order valence-corrected chi connectivity index (χ3v) is 2.29. The number of unbranched alkanes of at least 4 members (excludes halogenated alkanes) is 2. The second kappa shape index (κ2) is 21.3. The third kappa shape index (κ3) is 21.7. The molecule has 0 saturated heterocycles. The van der Waals surface area contributed by atoms with Gasteiger partial charge in [-0.3, -0.25) is 0 Å². The molecule has 0 atom stereocenters. The average molecular weight is 245 g/mol. The number of rotatable bonds is 7. The van der Waals surface area contributed by atoms with Crippen LogP contribution < -0.4 is 0 Å². The van der Waals surface area contributed by atoms with E-state index >= 15 is 0 Å². The van der Waals surface area contributed by atoms with E-state index in [0.29, 0.717) is 0 Å². The number of nitrogens with zero attached hydrogens (tertiary/aromatic N) is 1. The van der Waals surface area contributed by atoms with E-state index in [1.807, 2.05) is 13.8 Å². The fourth-order valence-corrected chi connectivity index (χ4v) is 1.48. The lowest BCUT2D eigenvalue weighted by Gasteiger charge is -2.25. The predicted octanol–water partition coefficient (Wildman–Crippen LogP) is 5.74. The Morgan fingerprint density at radius 2 is 1.24 bits per heavy atom. The molecule has 1 nitrogen and oxygen atoms in total. The largest absolute Gasteiger partial charge is 0.301 e. The molecule has 0 bridgehead atoms. The summed E-state index contributed by atoms with van der Waals surface area (Å²) in [5.41, 5.74) is 0. The fourth-order valence-electron chi connectivity index (χ4n) is 1.48. The van der Waals surface area contributed by atoms with E-state index in [9.17, 15) is 0 Å². The van der Waals surface area contributed by atoms with E-state index in [0.717, 1.165) is 6.04 Å². The zero-order chi connectivity index (χ0) is 14.1. The van der Waals surface area contributed by atoms with Gasteiger partial charge in [0.1, 0.15) is 0 Å². The summed E-state index contributed by atoms with van der Waals surface area (Å²) in [6, 6.07) is 0.724. The van der Waals surface area contributed by atoms with Crippen molar-refractivity contribution in [3.63, 3.8) is 0 Å². The molecule has 1 heteroatoms. The van der Waals surface area contributed by atoms with Gasteiger partial charge in [0.25, 0.3) is 0 Å². The highest BCUT2D eigenvalue weighted by atomic mass is 15.1. The van der Waals surface area contributed by atoms with Crippen LogP contribution in [0, 0.1) is 0 Å². The van der Waals surface area contributed by atoms with Crippen LogP contribution >= 0.6 is 0 Å². The highest BCUT2D eigenvalue weighted by Gasteiger charge is 2.06. The quantitative estimate of drug-likeness (QED) is 0.517. The van der Waals surface area contributed by atoms with E-state index < -0.39 is 0 Å². The summed E-state index contributed by atoms with van der Waals surface area (Å²) < 4.78 is 0. The van der Waals surface area contributed by atoms with E-state index in [2.05, 4.69) is 46.4 Å². The van der Waals surface area contributed by atoms with Crippen molar-refractivity contribution in [1.82, 2.24) is 4.90 Å². The zero-order valence-electron chi connectivity index (χ0n) is 14.0. The van der Waals surface area contributed by atoms with Crippen LogP contribution in [0.5, 0.6) is 0 Å². The molecule has 0 aromatic rings. The van der Waals surface area contributed by atoms with E-state index in [-0.39, 0.29) is 0 Å². The topological polar surface area (TPSA) is 3.24 Å². The molecule has 0 N–H and O–H groups in total. The van der Waals surface area contributed by atoms with Crippen LogP contribution in [0.25, 0.3) is 0 Å². The van der Waals surface area contributed by atoms with E-state index in [1.54, 1.807) is 0 Å². The normalized spacial score (nSPS) is 9.53. The van der Waals surface area contributed by atoms with Crippen molar-refractivity contribution >= 4 is 0 Å². The van der Waals surface area contributed by atoms with Gasteiger partial charge >= 0.3 is 0 Å². The molecular formula is C16H39N. The van der Waals surface area contributed by atoms with Gasteiger partial charge in [0.2, 0.25) is 0 Å². The minimum atomic E-state index is 0.724. The van der Waals surface area contributed by atoms with Crippen LogP contribution in [0.1, 0.15) is 87.5 Å². The summed E-state index contributed by atoms with van der Waals surface area (Å²) in [4.78, 5) is 2.58. The second-order valence-electron chi connectivity index (χ2n) is 4.54. The molecule has 0 aromatic carbocycles. The molecule has 0 aromatic heterocycles. The predicted molar refractivity (Wildman–Crippen MR) is 83.8 cm³/mol. The maximum Gasteiger partial charge on any atom is 0.00385 e. The van der Waals surface area contributed by atoms with Gasteiger partial charge in [0.05, 0.1) is 0 Å². The Kier molecular flexibility index (Phi) is 27.7. The maximum absolute atomic E-state index is 2.58. The number of hydrogen-bond donors (Lipinski definition) is 0. The monoisotopic (exact) mass is 245 g/mol. The Hall–Kier alpha value is -0.0400. The molecule has 0 radical (unpaired) electrons. The summed E-state index contributed by atoms with van der Waals surface area (Å²) in [5, 5.41) is 0. The summed E-state index contributed by atoms with van der Waals surface area (Å²) in [7, 11) is 0. The van der Waals surface area contributed by atoms with Gasteiger partial charge in [-0.1, -0.05) is 60.8 Å². The van der Waals surface area contributed by atoms with Crippen LogP contribution in [-0.2, 0) is 0 Å². The molecule has 0 heterocycles. The maximum atomic E-state index is 2.58. The molecule has 17 heavy (non-hydrogen) atoms. The van der Waals surface area contributed by atoms with Crippen molar-refractivity contribution in [1.29, 1.82) is 0 Å². The summed E-state index contributed by atoms with van der Waals surface area (Å²) >= 11 is 0. The SMILES string of the molecule is CC.CCC.CCCCCN(CCC)C(C)C. The molecule has 0 fully saturated rings. The first-order chi connectivity index (χ1) is 8.13. The Balaban J connectivity index is -0.000000337. The molecule has 0 aliphatic rings. The Morgan fingerprint density at radius 3 is 1.53 bits per heavy atom. The molecule has 0 aliphatic carbocycles. The minimum absolute atomic E-state index is 0.724. The van der Waals surface area contributed by atoms with Crippen molar-refractivity contribution in [2.45, 2.75) is 93.5 Å². The van der Waals surface area contributed by atoms with Gasteiger partial charge in [-0.05, 0) is 39.8 Å². The van der Waals surface area contributed by atoms with Gasteiger partial charge in [-0.25, -0.2) is 0 Å². The fraction of sp³-hybridized carbons (Fsp3) is 1.00. The minimum Gasteiger partial charge on any atom is -0.301 e. The van der Waals surface area contributed by atoms with Gasteiger partial charge in [-0.15, -0.1) is 0 Å². The summed E-state index contributed by atoms with van der Waals surface area (Å²) in [6.07, 6.45) is 6.62. The van der Waals surface area contributed by atoms with Crippen molar-refractivity contribution in [3.8, 4) is 0 Å². The molecule has 0 spiro atoms. The summed E-state index contributed by atoms with van der Waals surface area (Å²) in [5.74, 6) is 0. The molecule has 0 aliphatic heterocycles. The standard InChI is InChI=1S/C11H25N.C3H8.C2H6/c1-5-7-8-10-12(9-6-2)11(3)4;1-3-2;1-2/h11H,5-10H2,1-4H3;3H2,1-2H3;1-2H3. The Bertz CT molecular complexity index is 99.7. The van der Waals surface area contributed by atoms with Crippen LogP contribution in [0.2, 0.25) is 0 Å². The van der Waals surface area contributed by atoms with Gasteiger partial charge in [0.15, 0.2) is 0 Å². The molecule has 0 saturated carbocycles. The highest BCUT2D eigenvalue weighted by Crippen LogP contribution is 2.03. The lowest BCUT2D eigenvalue weighted by atomic mass is 10.2. The van der Waals surface area contributed by atoms with E-state index in [4.69, 9.17) is 0 Å². The third-order valence-electron chi connectivity index (χ3n) is 2.29.